The Morgan fingerprint density at radius 1 is 1.29 bits per heavy atom. The number of hydrogen-bond acceptors (Lipinski definition) is 3. The number of halogens is 1. The van der Waals surface area contributed by atoms with Gasteiger partial charge in [0.1, 0.15) is 18.4 Å². The number of benzene rings is 2. The molecule has 0 radical (unpaired) electrons. The number of para-hydroxylation sites is 1. The zero-order valence-electron chi connectivity index (χ0n) is 11.5. The van der Waals surface area contributed by atoms with Gasteiger partial charge in [0.15, 0.2) is 0 Å². The molecule has 0 atom stereocenters. The number of nitrogens with zero attached hydrogens (tertiary/aromatic N) is 1. The van der Waals surface area contributed by atoms with Crippen LogP contribution in [0.15, 0.2) is 59.6 Å². The lowest BCUT2D eigenvalue weighted by molar-refractivity contribution is 0.359. The average Bonchev–Trinajstić information content (AvgIpc) is 2.52. The van der Waals surface area contributed by atoms with Gasteiger partial charge in [-0.05, 0) is 24.3 Å². The molecule has 2 aromatic rings. The van der Waals surface area contributed by atoms with E-state index in [9.17, 15) is 0 Å². The number of anilines is 1. The number of hydrogen-bond donors (Lipinski definition) is 1. The largest absolute Gasteiger partial charge is 0.489 e. The summed E-state index contributed by atoms with van der Waals surface area (Å²) < 4.78 is 6.55. The minimum atomic E-state index is 0.470. The van der Waals surface area contributed by atoms with Crippen molar-refractivity contribution in [3.8, 4) is 11.8 Å². The van der Waals surface area contributed by atoms with Crippen molar-refractivity contribution in [3.05, 3.63) is 70.7 Å². The van der Waals surface area contributed by atoms with E-state index in [0.717, 1.165) is 21.5 Å². The Kier molecular flexibility index (Phi) is 5.42. The van der Waals surface area contributed by atoms with Crippen molar-refractivity contribution in [1.29, 1.82) is 5.26 Å². The normalized spacial score (nSPS) is 9.71. The summed E-state index contributed by atoms with van der Waals surface area (Å²) in [5.74, 6) is 0.818. The van der Waals surface area contributed by atoms with Crippen LogP contribution in [-0.4, -0.2) is 6.61 Å². The van der Waals surface area contributed by atoms with Gasteiger partial charge in [-0.15, -0.1) is 0 Å². The molecular formula is C17H15BrN2O. The Hall–Kier alpha value is -2.25. The SMILES string of the molecule is C=CCOc1ccccc1CNc1cc(Br)ccc1C#N. The van der Waals surface area contributed by atoms with Crippen molar-refractivity contribution in [1.82, 2.24) is 0 Å². The lowest BCUT2D eigenvalue weighted by Crippen LogP contribution is -2.04. The van der Waals surface area contributed by atoms with E-state index in [2.05, 4.69) is 33.9 Å². The van der Waals surface area contributed by atoms with Crippen LogP contribution in [0, 0.1) is 11.3 Å². The van der Waals surface area contributed by atoms with Gasteiger partial charge in [-0.25, -0.2) is 0 Å². The number of rotatable bonds is 6. The summed E-state index contributed by atoms with van der Waals surface area (Å²) in [5.41, 5.74) is 2.44. The molecule has 0 aliphatic rings. The quantitative estimate of drug-likeness (QED) is 0.786. The summed E-state index contributed by atoms with van der Waals surface area (Å²) in [6.07, 6.45) is 1.71. The maximum Gasteiger partial charge on any atom is 0.124 e. The van der Waals surface area contributed by atoms with Crippen LogP contribution >= 0.6 is 15.9 Å². The summed E-state index contributed by atoms with van der Waals surface area (Å²) in [6.45, 7) is 4.70. The third-order valence-corrected chi connectivity index (χ3v) is 3.39. The molecule has 0 fully saturated rings. The van der Waals surface area contributed by atoms with Crippen LogP contribution in [0.4, 0.5) is 5.69 Å². The van der Waals surface area contributed by atoms with Crippen molar-refractivity contribution in [2.45, 2.75) is 6.54 Å². The average molecular weight is 343 g/mol. The molecular weight excluding hydrogens is 328 g/mol. The molecule has 21 heavy (non-hydrogen) atoms. The molecule has 0 spiro atoms. The van der Waals surface area contributed by atoms with E-state index < -0.39 is 0 Å². The van der Waals surface area contributed by atoms with Crippen molar-refractivity contribution in [2.75, 3.05) is 11.9 Å². The summed E-state index contributed by atoms with van der Waals surface area (Å²) in [6, 6.07) is 15.5. The molecule has 0 aliphatic heterocycles. The molecule has 2 rings (SSSR count). The van der Waals surface area contributed by atoms with Gasteiger partial charge in [-0.3, -0.25) is 0 Å². The van der Waals surface area contributed by atoms with E-state index in [4.69, 9.17) is 10.00 Å². The third kappa shape index (κ3) is 4.11. The number of nitriles is 1. The maximum atomic E-state index is 9.14. The number of ether oxygens (including phenoxy) is 1. The van der Waals surface area contributed by atoms with Crippen molar-refractivity contribution in [3.63, 3.8) is 0 Å². The standard InChI is InChI=1S/C17H15BrN2O/c1-2-9-21-17-6-4-3-5-14(17)12-20-16-10-15(18)8-7-13(16)11-19/h2-8,10,20H,1,9,12H2. The Labute approximate surface area is 133 Å². The monoisotopic (exact) mass is 342 g/mol. The molecule has 0 bridgehead atoms. The zero-order valence-corrected chi connectivity index (χ0v) is 13.1. The van der Waals surface area contributed by atoms with Gasteiger partial charge in [-0.2, -0.15) is 5.26 Å². The Morgan fingerprint density at radius 3 is 2.86 bits per heavy atom. The number of nitrogens with one attached hydrogen (secondary N) is 1. The zero-order chi connectivity index (χ0) is 15.1. The Morgan fingerprint density at radius 2 is 2.10 bits per heavy atom. The molecule has 4 heteroatoms. The molecule has 3 nitrogen and oxygen atoms in total. The second-order valence-corrected chi connectivity index (χ2v) is 5.28. The maximum absolute atomic E-state index is 9.14. The summed E-state index contributed by atoms with van der Waals surface area (Å²) in [7, 11) is 0. The third-order valence-electron chi connectivity index (χ3n) is 2.90. The Balaban J connectivity index is 2.15. The van der Waals surface area contributed by atoms with E-state index in [1.165, 1.54) is 0 Å². The fourth-order valence-electron chi connectivity index (χ4n) is 1.89. The topological polar surface area (TPSA) is 45.0 Å². The highest BCUT2D eigenvalue weighted by atomic mass is 79.9. The van der Waals surface area contributed by atoms with Gasteiger partial charge in [0.2, 0.25) is 0 Å². The van der Waals surface area contributed by atoms with Crippen molar-refractivity contribution in [2.24, 2.45) is 0 Å². The predicted octanol–water partition coefficient (Wildman–Crippen LogP) is 4.50. The van der Waals surface area contributed by atoms with Gasteiger partial charge in [0.25, 0.3) is 0 Å². The Bertz CT molecular complexity index is 677. The van der Waals surface area contributed by atoms with Crippen LogP contribution in [0.1, 0.15) is 11.1 Å². The van der Waals surface area contributed by atoms with Gasteiger partial charge < -0.3 is 10.1 Å². The van der Waals surface area contributed by atoms with Crippen LogP contribution in [0.25, 0.3) is 0 Å². The van der Waals surface area contributed by atoms with Crippen molar-refractivity contribution < 1.29 is 4.74 Å². The van der Waals surface area contributed by atoms with Crippen LogP contribution in [0.3, 0.4) is 0 Å². The van der Waals surface area contributed by atoms with Gasteiger partial charge in [-0.1, -0.05) is 46.8 Å². The lowest BCUT2D eigenvalue weighted by atomic mass is 10.1. The van der Waals surface area contributed by atoms with E-state index in [1.807, 2.05) is 36.4 Å². The fourth-order valence-corrected chi connectivity index (χ4v) is 2.25. The molecule has 0 saturated heterocycles. The van der Waals surface area contributed by atoms with Gasteiger partial charge in [0.05, 0.1) is 11.3 Å². The van der Waals surface area contributed by atoms with Crippen LogP contribution in [0.2, 0.25) is 0 Å². The molecule has 1 N–H and O–H groups in total. The molecule has 0 aromatic heterocycles. The fraction of sp³-hybridized carbons (Fsp3) is 0.118. The van der Waals surface area contributed by atoms with Crippen molar-refractivity contribution >= 4 is 21.6 Å². The molecule has 0 aliphatic carbocycles. The molecule has 0 amide bonds. The molecule has 0 heterocycles. The molecule has 0 saturated carbocycles. The molecule has 2 aromatic carbocycles. The van der Waals surface area contributed by atoms with E-state index in [1.54, 1.807) is 12.1 Å². The summed E-state index contributed by atoms with van der Waals surface area (Å²) >= 11 is 3.42. The summed E-state index contributed by atoms with van der Waals surface area (Å²) in [4.78, 5) is 0. The van der Waals surface area contributed by atoms with Gasteiger partial charge >= 0.3 is 0 Å². The highest BCUT2D eigenvalue weighted by Gasteiger charge is 2.05. The highest BCUT2D eigenvalue weighted by Crippen LogP contribution is 2.24. The van der Waals surface area contributed by atoms with Crippen LogP contribution < -0.4 is 10.1 Å². The van der Waals surface area contributed by atoms with E-state index in [0.29, 0.717) is 18.7 Å². The predicted molar refractivity (Wildman–Crippen MR) is 88.3 cm³/mol. The molecule has 106 valence electrons. The minimum absolute atomic E-state index is 0.470. The van der Waals surface area contributed by atoms with E-state index in [-0.39, 0.29) is 0 Å². The molecule has 0 unspecified atom stereocenters. The lowest BCUT2D eigenvalue weighted by Gasteiger charge is -2.12. The second-order valence-electron chi connectivity index (χ2n) is 4.36. The second kappa shape index (κ2) is 7.51. The first kappa shape index (κ1) is 15.1. The first-order valence-electron chi connectivity index (χ1n) is 6.49. The van der Waals surface area contributed by atoms with Gasteiger partial charge in [0, 0.05) is 16.6 Å². The van der Waals surface area contributed by atoms with Crippen LogP contribution in [0.5, 0.6) is 5.75 Å². The first-order valence-corrected chi connectivity index (χ1v) is 7.29. The first-order chi connectivity index (χ1) is 10.2. The highest BCUT2D eigenvalue weighted by molar-refractivity contribution is 9.10. The minimum Gasteiger partial charge on any atom is -0.489 e. The van der Waals surface area contributed by atoms with Crippen LogP contribution in [-0.2, 0) is 6.54 Å². The smallest absolute Gasteiger partial charge is 0.124 e. The van der Waals surface area contributed by atoms with E-state index >= 15 is 0 Å². The summed E-state index contributed by atoms with van der Waals surface area (Å²) in [5, 5.41) is 12.4.